The summed E-state index contributed by atoms with van der Waals surface area (Å²) in [5, 5.41) is 0. The van der Waals surface area contributed by atoms with Crippen LogP contribution in [0.1, 0.15) is 6.42 Å². The molecule has 0 aromatic heterocycles. The van der Waals surface area contributed by atoms with Crippen LogP contribution in [0.25, 0.3) is 0 Å². The number of nitrogens with two attached hydrogens (primary N) is 1. The number of nitrogens with zero attached hydrogens (tertiary/aromatic N) is 2. The van der Waals surface area contributed by atoms with Crippen molar-refractivity contribution in [2.24, 2.45) is 5.73 Å². The van der Waals surface area contributed by atoms with Gasteiger partial charge in [-0.05, 0) is 6.42 Å². The van der Waals surface area contributed by atoms with Crippen LogP contribution in [0.15, 0.2) is 23.5 Å². The highest BCUT2D eigenvalue weighted by molar-refractivity contribution is 5.92. The van der Waals surface area contributed by atoms with Crippen LogP contribution >= 0.6 is 0 Å². The summed E-state index contributed by atoms with van der Waals surface area (Å²) >= 11 is 0. The first-order valence-electron chi connectivity index (χ1n) is 6.02. The maximum Gasteiger partial charge on any atom is 0.246 e. The minimum absolute atomic E-state index is 0.312. The number of piperazine rings is 1. The van der Waals surface area contributed by atoms with Gasteiger partial charge in [0.1, 0.15) is 0 Å². The topological polar surface area (TPSA) is 58.8 Å². The Labute approximate surface area is 100 Å². The quantitative estimate of drug-likeness (QED) is 0.675. The van der Waals surface area contributed by atoms with Crippen molar-refractivity contribution in [3.8, 4) is 0 Å². The molecule has 3 aliphatic heterocycles. The highest BCUT2D eigenvalue weighted by atomic mass is 16.5. The van der Waals surface area contributed by atoms with Gasteiger partial charge in [0.15, 0.2) is 0 Å². The Hall–Kier alpha value is -1.33. The van der Waals surface area contributed by atoms with Crippen molar-refractivity contribution in [3.63, 3.8) is 0 Å². The average molecular weight is 235 g/mol. The molecular formula is C12H17N3O2. The zero-order valence-electron chi connectivity index (χ0n) is 9.76. The predicted octanol–water partition coefficient (Wildman–Crippen LogP) is -0.340. The number of rotatable bonds is 1. The van der Waals surface area contributed by atoms with Gasteiger partial charge in [-0.1, -0.05) is 6.08 Å². The van der Waals surface area contributed by atoms with Crippen molar-refractivity contribution in [1.82, 2.24) is 9.80 Å². The summed E-state index contributed by atoms with van der Waals surface area (Å²) in [5.41, 5.74) is 7.30. The normalized spacial score (nSPS) is 32.1. The van der Waals surface area contributed by atoms with Crippen LogP contribution in [0, 0.1) is 0 Å². The van der Waals surface area contributed by atoms with Crippen molar-refractivity contribution in [2.75, 3.05) is 32.8 Å². The predicted molar refractivity (Wildman–Crippen MR) is 62.9 cm³/mol. The van der Waals surface area contributed by atoms with Crippen molar-refractivity contribution in [3.05, 3.63) is 23.5 Å². The SMILES string of the molecule is NC(=O)C1=CN2C(=CC1)CN1CCOCC2C1. The molecule has 5 nitrogen and oxygen atoms in total. The maximum absolute atomic E-state index is 11.2. The van der Waals surface area contributed by atoms with Crippen LogP contribution in [-0.2, 0) is 9.53 Å². The van der Waals surface area contributed by atoms with E-state index >= 15 is 0 Å². The maximum atomic E-state index is 11.2. The second-order valence-electron chi connectivity index (χ2n) is 4.79. The van der Waals surface area contributed by atoms with Gasteiger partial charge in [0.25, 0.3) is 0 Å². The third-order valence-electron chi connectivity index (χ3n) is 3.61. The van der Waals surface area contributed by atoms with Gasteiger partial charge in [0.2, 0.25) is 5.91 Å². The molecule has 1 amide bonds. The lowest BCUT2D eigenvalue weighted by Crippen LogP contribution is -2.50. The molecule has 0 radical (unpaired) electrons. The molecule has 5 heteroatoms. The Bertz CT molecular complexity index is 403. The van der Waals surface area contributed by atoms with Crippen molar-refractivity contribution < 1.29 is 9.53 Å². The van der Waals surface area contributed by atoms with Gasteiger partial charge in [-0.15, -0.1) is 0 Å². The zero-order chi connectivity index (χ0) is 11.8. The third-order valence-corrected chi connectivity index (χ3v) is 3.61. The van der Waals surface area contributed by atoms with E-state index in [1.807, 2.05) is 6.20 Å². The summed E-state index contributed by atoms with van der Waals surface area (Å²) in [6.07, 6.45) is 4.68. The summed E-state index contributed by atoms with van der Waals surface area (Å²) < 4.78 is 5.60. The highest BCUT2D eigenvalue weighted by Gasteiger charge is 2.32. The Morgan fingerprint density at radius 1 is 1.53 bits per heavy atom. The lowest BCUT2D eigenvalue weighted by Gasteiger charge is -2.42. The van der Waals surface area contributed by atoms with Crippen LogP contribution in [0.5, 0.6) is 0 Å². The van der Waals surface area contributed by atoms with Crippen molar-refractivity contribution >= 4 is 5.91 Å². The van der Waals surface area contributed by atoms with E-state index < -0.39 is 0 Å². The van der Waals surface area contributed by atoms with E-state index in [0.717, 1.165) is 32.8 Å². The van der Waals surface area contributed by atoms with Gasteiger partial charge in [0, 0.05) is 37.1 Å². The number of carbonyl (C=O) groups excluding carboxylic acids is 1. The third kappa shape index (κ3) is 1.96. The Balaban J connectivity index is 1.87. The smallest absolute Gasteiger partial charge is 0.246 e. The monoisotopic (exact) mass is 235 g/mol. The molecule has 2 N–H and O–H groups in total. The first kappa shape index (κ1) is 10.8. The number of amides is 1. The van der Waals surface area contributed by atoms with Crippen LogP contribution in [0.2, 0.25) is 0 Å². The second-order valence-corrected chi connectivity index (χ2v) is 4.79. The first-order valence-corrected chi connectivity index (χ1v) is 6.02. The van der Waals surface area contributed by atoms with Crippen LogP contribution in [0.3, 0.4) is 0 Å². The fourth-order valence-corrected chi connectivity index (χ4v) is 2.68. The molecule has 92 valence electrons. The number of primary amides is 1. The van der Waals surface area contributed by atoms with Gasteiger partial charge in [-0.3, -0.25) is 9.69 Å². The summed E-state index contributed by atoms with van der Waals surface area (Å²) in [4.78, 5) is 15.8. The van der Waals surface area contributed by atoms with Gasteiger partial charge < -0.3 is 15.4 Å². The molecule has 0 aromatic carbocycles. The molecule has 3 aliphatic rings. The molecule has 0 spiro atoms. The Kier molecular flexibility index (Phi) is 2.64. The van der Waals surface area contributed by atoms with Crippen molar-refractivity contribution in [2.45, 2.75) is 12.5 Å². The van der Waals surface area contributed by atoms with E-state index in [-0.39, 0.29) is 5.91 Å². The summed E-state index contributed by atoms with van der Waals surface area (Å²) in [7, 11) is 0. The molecule has 2 unspecified atom stereocenters. The lowest BCUT2D eigenvalue weighted by molar-refractivity contribution is -0.114. The fraction of sp³-hybridized carbons (Fsp3) is 0.583. The molecule has 0 saturated carbocycles. The highest BCUT2D eigenvalue weighted by Crippen LogP contribution is 2.27. The number of allylic oxidation sites excluding steroid dienone is 1. The molecule has 2 saturated heterocycles. The second kappa shape index (κ2) is 4.16. The average Bonchev–Trinajstić information content (AvgIpc) is 2.51. The number of hydrogen-bond donors (Lipinski definition) is 1. The van der Waals surface area contributed by atoms with Crippen LogP contribution in [-0.4, -0.2) is 54.6 Å². The summed E-state index contributed by atoms with van der Waals surface area (Å²) in [6.45, 7) is 4.46. The Morgan fingerprint density at radius 3 is 3.24 bits per heavy atom. The fourth-order valence-electron chi connectivity index (χ4n) is 2.68. The minimum atomic E-state index is -0.322. The molecular weight excluding hydrogens is 218 g/mol. The van der Waals surface area contributed by atoms with Crippen LogP contribution < -0.4 is 5.73 Å². The van der Waals surface area contributed by atoms with E-state index in [4.69, 9.17) is 10.5 Å². The number of fused-ring (bicyclic) bond motifs is 4. The van der Waals surface area contributed by atoms with Gasteiger partial charge in [-0.2, -0.15) is 0 Å². The first-order chi connectivity index (χ1) is 8.24. The Morgan fingerprint density at radius 2 is 2.41 bits per heavy atom. The molecule has 0 aliphatic carbocycles. The van der Waals surface area contributed by atoms with Gasteiger partial charge in [-0.25, -0.2) is 0 Å². The standard InChI is InChI=1S/C12H17N3O2/c13-12(16)9-1-2-10-6-14-3-4-17-8-11(7-14)15(10)5-9/h2,5,11H,1,3-4,6-8H2,(H2,13,16). The molecule has 3 rings (SSSR count). The lowest BCUT2D eigenvalue weighted by atomic mass is 10.0. The minimum Gasteiger partial charge on any atom is -0.378 e. The molecule has 2 fully saturated rings. The summed E-state index contributed by atoms with van der Waals surface area (Å²) in [6, 6.07) is 0.312. The van der Waals surface area contributed by atoms with E-state index in [1.165, 1.54) is 5.70 Å². The number of carbonyl (C=O) groups is 1. The van der Waals surface area contributed by atoms with E-state index in [0.29, 0.717) is 18.0 Å². The molecule has 2 bridgehead atoms. The van der Waals surface area contributed by atoms with E-state index in [2.05, 4.69) is 15.9 Å². The largest absolute Gasteiger partial charge is 0.378 e. The zero-order valence-corrected chi connectivity index (χ0v) is 9.76. The summed E-state index contributed by atoms with van der Waals surface area (Å²) in [5.74, 6) is -0.322. The number of ether oxygens (including phenoxy) is 1. The van der Waals surface area contributed by atoms with Crippen molar-refractivity contribution in [1.29, 1.82) is 0 Å². The van der Waals surface area contributed by atoms with Crippen LogP contribution in [0.4, 0.5) is 0 Å². The molecule has 2 atom stereocenters. The van der Waals surface area contributed by atoms with Gasteiger partial charge >= 0.3 is 0 Å². The van der Waals surface area contributed by atoms with Gasteiger partial charge in [0.05, 0.1) is 19.3 Å². The van der Waals surface area contributed by atoms with E-state index in [9.17, 15) is 4.79 Å². The van der Waals surface area contributed by atoms with E-state index in [1.54, 1.807) is 0 Å². The number of hydrogen-bond acceptors (Lipinski definition) is 4. The molecule has 17 heavy (non-hydrogen) atoms. The molecule has 3 heterocycles. The molecule has 0 aromatic rings.